The maximum atomic E-state index is 10.5. The second-order valence-electron chi connectivity index (χ2n) is 1.40. The van der Waals surface area contributed by atoms with E-state index in [0.29, 0.717) is 6.61 Å². The highest BCUT2D eigenvalue weighted by Gasteiger charge is 1.95. The molecule has 0 rings (SSSR count). The summed E-state index contributed by atoms with van der Waals surface area (Å²) in [4.78, 5) is 14.2. The van der Waals surface area contributed by atoms with Crippen molar-refractivity contribution in [1.82, 2.24) is 0 Å². The minimum absolute atomic E-state index is 0.143. The summed E-state index contributed by atoms with van der Waals surface area (Å²) in [7, 11) is 0. The van der Waals surface area contributed by atoms with Crippen LogP contribution in [0.15, 0.2) is 4.99 Å². The summed E-state index contributed by atoms with van der Waals surface area (Å²) in [5.41, 5.74) is 0. The van der Waals surface area contributed by atoms with Crippen LogP contribution in [0.3, 0.4) is 0 Å². The summed E-state index contributed by atoms with van der Waals surface area (Å²) in [5.74, 6) is -0.268. The fourth-order valence-corrected chi connectivity index (χ4v) is 0.372. The van der Waals surface area contributed by atoms with Gasteiger partial charge in [0, 0.05) is 0 Å². The molecule has 9 heavy (non-hydrogen) atoms. The number of carbonyl (C=O) groups excluding carboxylic acids is 1. The molecule has 0 spiro atoms. The quantitative estimate of drug-likeness (QED) is 0.414. The van der Waals surface area contributed by atoms with Gasteiger partial charge in [-0.25, -0.2) is 0 Å². The van der Waals surface area contributed by atoms with Crippen molar-refractivity contribution in [3.8, 4) is 0 Å². The van der Waals surface area contributed by atoms with E-state index >= 15 is 0 Å². The molecule has 3 heteroatoms. The van der Waals surface area contributed by atoms with Crippen molar-refractivity contribution in [2.75, 3.05) is 13.2 Å². The third kappa shape index (κ3) is 5.00. The first kappa shape index (κ1) is 8.14. The largest absolute Gasteiger partial charge is 0.465 e. The zero-order valence-corrected chi connectivity index (χ0v) is 5.76. The van der Waals surface area contributed by atoms with Gasteiger partial charge in [-0.15, -0.1) is 0 Å². The lowest BCUT2D eigenvalue weighted by Crippen LogP contribution is -2.07. The van der Waals surface area contributed by atoms with Crippen LogP contribution >= 0.6 is 0 Å². The smallest absolute Gasteiger partial charge is 0.327 e. The molecule has 0 saturated carbocycles. The van der Waals surface area contributed by atoms with Crippen molar-refractivity contribution in [1.29, 1.82) is 0 Å². The van der Waals surface area contributed by atoms with E-state index < -0.39 is 0 Å². The predicted molar refractivity (Wildman–Crippen MR) is 35.7 cm³/mol. The Kier molecular flexibility index (Phi) is 4.78. The summed E-state index contributed by atoms with van der Waals surface area (Å²) < 4.78 is 4.59. The maximum Gasteiger partial charge on any atom is 0.327 e. The van der Waals surface area contributed by atoms with Crippen LogP contribution in [0.1, 0.15) is 13.8 Å². The molecule has 52 valence electrons. The van der Waals surface area contributed by atoms with Crippen LogP contribution in [-0.2, 0) is 9.53 Å². The van der Waals surface area contributed by atoms with E-state index in [9.17, 15) is 4.79 Å². The van der Waals surface area contributed by atoms with E-state index in [1.165, 1.54) is 0 Å². The number of carbonyl (C=O) groups is 1. The number of esters is 1. The molecule has 0 radical (unpaired) electrons. The Hall–Kier alpha value is -0.860. The predicted octanol–water partition coefficient (Wildman–Crippen LogP) is 0.640. The molecule has 0 amide bonds. The molecule has 0 aromatic heterocycles. The number of ether oxygens (including phenoxy) is 1. The minimum atomic E-state index is -0.268. The van der Waals surface area contributed by atoms with Gasteiger partial charge >= 0.3 is 5.97 Å². The Morgan fingerprint density at radius 3 is 2.89 bits per heavy atom. The highest BCUT2D eigenvalue weighted by Crippen LogP contribution is 1.77. The lowest BCUT2D eigenvalue weighted by atomic mass is 10.6. The lowest BCUT2D eigenvalue weighted by Gasteiger charge is -1.94. The minimum Gasteiger partial charge on any atom is -0.465 e. The fourth-order valence-electron chi connectivity index (χ4n) is 0.372. The summed E-state index contributed by atoms with van der Waals surface area (Å²) in [5, 5.41) is 0. The average Bonchev–Trinajstić information content (AvgIpc) is 1.85. The van der Waals surface area contributed by atoms with Crippen LogP contribution in [0.4, 0.5) is 0 Å². The highest BCUT2D eigenvalue weighted by atomic mass is 16.5. The Balaban J connectivity index is 3.27. The zero-order chi connectivity index (χ0) is 7.11. The van der Waals surface area contributed by atoms with Gasteiger partial charge in [-0.05, 0) is 20.1 Å². The molecule has 0 bridgehead atoms. The van der Waals surface area contributed by atoms with Gasteiger partial charge in [0.15, 0.2) is 0 Å². The van der Waals surface area contributed by atoms with Crippen LogP contribution in [-0.4, -0.2) is 25.3 Å². The van der Waals surface area contributed by atoms with Crippen molar-refractivity contribution < 1.29 is 9.53 Å². The van der Waals surface area contributed by atoms with E-state index in [2.05, 4.69) is 9.73 Å². The third-order valence-electron chi connectivity index (χ3n) is 0.708. The Labute approximate surface area is 54.7 Å². The Bertz CT molecular complexity index is 110. The average molecular weight is 129 g/mol. The molecule has 0 aliphatic heterocycles. The molecule has 0 aromatic carbocycles. The Morgan fingerprint density at radius 2 is 2.44 bits per heavy atom. The molecular formula is C6H11NO2. The van der Waals surface area contributed by atoms with Gasteiger partial charge in [0.1, 0.15) is 6.54 Å². The number of hydrogen-bond donors (Lipinski definition) is 0. The lowest BCUT2D eigenvalue weighted by molar-refractivity contribution is -0.141. The van der Waals surface area contributed by atoms with E-state index in [1.807, 2.05) is 0 Å². The zero-order valence-electron chi connectivity index (χ0n) is 5.76. The number of nitrogens with zero attached hydrogens (tertiary/aromatic N) is 1. The van der Waals surface area contributed by atoms with Crippen molar-refractivity contribution in [2.24, 2.45) is 4.99 Å². The second-order valence-corrected chi connectivity index (χ2v) is 1.40. The topological polar surface area (TPSA) is 38.7 Å². The first-order valence-corrected chi connectivity index (χ1v) is 2.91. The molecule has 0 fully saturated rings. The third-order valence-corrected chi connectivity index (χ3v) is 0.708. The van der Waals surface area contributed by atoms with Crippen molar-refractivity contribution in [2.45, 2.75) is 13.8 Å². The molecule has 0 aliphatic rings. The van der Waals surface area contributed by atoms with Crippen LogP contribution < -0.4 is 0 Å². The SMILES string of the molecule is CC=NCC(=O)OCC. The molecular weight excluding hydrogens is 118 g/mol. The van der Waals surface area contributed by atoms with E-state index in [0.717, 1.165) is 0 Å². The molecule has 0 aromatic rings. The fraction of sp³-hybridized carbons (Fsp3) is 0.667. The number of rotatable bonds is 3. The standard InChI is InChI=1S/C6H11NO2/c1-3-7-5-6(8)9-4-2/h3H,4-5H2,1-2H3. The van der Waals surface area contributed by atoms with Gasteiger partial charge in [0.25, 0.3) is 0 Å². The molecule has 0 atom stereocenters. The summed E-state index contributed by atoms with van der Waals surface area (Å²) in [6.45, 7) is 4.11. The molecule has 3 nitrogen and oxygen atoms in total. The van der Waals surface area contributed by atoms with Crippen molar-refractivity contribution >= 4 is 12.2 Å². The summed E-state index contributed by atoms with van der Waals surface area (Å²) >= 11 is 0. The van der Waals surface area contributed by atoms with Gasteiger partial charge in [0.2, 0.25) is 0 Å². The number of aliphatic imine (C=N–C) groups is 1. The van der Waals surface area contributed by atoms with Gasteiger partial charge in [0.05, 0.1) is 6.61 Å². The molecule has 0 N–H and O–H groups in total. The summed E-state index contributed by atoms with van der Waals surface area (Å²) in [6.07, 6.45) is 1.58. The van der Waals surface area contributed by atoms with Gasteiger partial charge in [-0.1, -0.05) is 0 Å². The van der Waals surface area contributed by atoms with Crippen LogP contribution in [0.25, 0.3) is 0 Å². The Morgan fingerprint density at radius 1 is 1.78 bits per heavy atom. The van der Waals surface area contributed by atoms with Crippen LogP contribution in [0.5, 0.6) is 0 Å². The molecule has 0 unspecified atom stereocenters. The molecule has 0 saturated heterocycles. The van der Waals surface area contributed by atoms with Crippen LogP contribution in [0, 0.1) is 0 Å². The highest BCUT2D eigenvalue weighted by molar-refractivity contribution is 5.73. The van der Waals surface area contributed by atoms with E-state index in [1.54, 1.807) is 20.1 Å². The van der Waals surface area contributed by atoms with Gasteiger partial charge in [-0.3, -0.25) is 9.79 Å². The normalized spacial score (nSPS) is 10.0. The number of hydrogen-bond acceptors (Lipinski definition) is 3. The van der Waals surface area contributed by atoms with E-state index in [-0.39, 0.29) is 12.5 Å². The van der Waals surface area contributed by atoms with Gasteiger partial charge in [-0.2, -0.15) is 0 Å². The van der Waals surface area contributed by atoms with Gasteiger partial charge < -0.3 is 4.74 Å². The second kappa shape index (κ2) is 5.28. The van der Waals surface area contributed by atoms with E-state index in [4.69, 9.17) is 0 Å². The first-order valence-electron chi connectivity index (χ1n) is 2.91. The maximum absolute atomic E-state index is 10.5. The monoisotopic (exact) mass is 129 g/mol. The molecule has 0 aliphatic carbocycles. The van der Waals surface area contributed by atoms with Crippen molar-refractivity contribution in [3.05, 3.63) is 0 Å². The van der Waals surface area contributed by atoms with Crippen LogP contribution in [0.2, 0.25) is 0 Å². The summed E-state index contributed by atoms with van der Waals surface area (Å²) in [6, 6.07) is 0. The molecule has 0 heterocycles. The van der Waals surface area contributed by atoms with Crippen molar-refractivity contribution in [3.63, 3.8) is 0 Å². The first-order chi connectivity index (χ1) is 4.31.